The lowest BCUT2D eigenvalue weighted by molar-refractivity contribution is -0.129. The predicted octanol–water partition coefficient (Wildman–Crippen LogP) is -0.208. The Morgan fingerprint density at radius 2 is 1.67 bits per heavy atom. The number of hydrazine groups is 1. The lowest BCUT2D eigenvalue weighted by Gasteiger charge is -2.46. The maximum Gasteiger partial charge on any atom is 0.243 e. The van der Waals surface area contributed by atoms with Gasteiger partial charge in [0.25, 0.3) is 0 Å². The number of hydrogen-bond donors (Lipinski definition) is 4. The van der Waals surface area contributed by atoms with E-state index < -0.39 is 5.91 Å². The maximum atomic E-state index is 11.7. The van der Waals surface area contributed by atoms with Crippen molar-refractivity contribution in [2.24, 2.45) is 5.84 Å². The number of hydrogen-bond acceptors (Lipinski definition) is 4. The van der Waals surface area contributed by atoms with Crippen LogP contribution in [-0.4, -0.2) is 28.9 Å². The second-order valence-electron chi connectivity index (χ2n) is 6.31. The van der Waals surface area contributed by atoms with Crippen LogP contribution in [-0.2, 0) is 9.59 Å². The van der Waals surface area contributed by atoms with Crippen LogP contribution in [0.3, 0.4) is 0 Å². The molecule has 104 valence electrons. The molecule has 0 bridgehead atoms. The zero-order chi connectivity index (χ0) is 14.0. The Balaban J connectivity index is 2.56. The molecule has 0 saturated carbocycles. The number of piperidine rings is 1. The summed E-state index contributed by atoms with van der Waals surface area (Å²) in [5.74, 6) is 4.20. The number of carbonyl (C=O) groups is 2. The topological polar surface area (TPSA) is 96.2 Å². The molecule has 0 radical (unpaired) electrons. The summed E-state index contributed by atoms with van der Waals surface area (Å²) in [7, 11) is 0. The molecule has 6 nitrogen and oxygen atoms in total. The van der Waals surface area contributed by atoms with E-state index in [1.165, 1.54) is 0 Å². The zero-order valence-electron chi connectivity index (χ0n) is 11.6. The minimum atomic E-state index is -0.472. The molecule has 0 spiro atoms. The molecule has 0 atom stereocenters. The summed E-state index contributed by atoms with van der Waals surface area (Å²) < 4.78 is 0. The monoisotopic (exact) mass is 256 g/mol. The van der Waals surface area contributed by atoms with Gasteiger partial charge in [0.1, 0.15) is 6.42 Å². The average Bonchev–Trinajstić information content (AvgIpc) is 2.11. The Morgan fingerprint density at radius 3 is 2.11 bits per heavy atom. The molecule has 1 fully saturated rings. The smallest absolute Gasteiger partial charge is 0.243 e. The number of carbonyl (C=O) groups excluding carboxylic acids is 2. The van der Waals surface area contributed by atoms with Crippen LogP contribution in [0.5, 0.6) is 0 Å². The van der Waals surface area contributed by atoms with Gasteiger partial charge in [-0.25, -0.2) is 5.84 Å². The van der Waals surface area contributed by atoms with Crippen LogP contribution in [0.15, 0.2) is 0 Å². The molecule has 0 aromatic carbocycles. The molecule has 0 unspecified atom stereocenters. The van der Waals surface area contributed by atoms with Crippen molar-refractivity contribution in [1.82, 2.24) is 16.1 Å². The van der Waals surface area contributed by atoms with Gasteiger partial charge in [-0.1, -0.05) is 0 Å². The number of nitrogens with two attached hydrogens (primary N) is 1. The van der Waals surface area contributed by atoms with Crippen LogP contribution in [0.4, 0.5) is 0 Å². The number of amides is 2. The molecular formula is C12H24N4O2. The van der Waals surface area contributed by atoms with Crippen LogP contribution < -0.4 is 21.9 Å². The minimum Gasteiger partial charge on any atom is -0.353 e. The van der Waals surface area contributed by atoms with Crippen molar-refractivity contribution in [1.29, 1.82) is 0 Å². The first-order chi connectivity index (χ1) is 8.13. The van der Waals surface area contributed by atoms with Gasteiger partial charge >= 0.3 is 0 Å². The normalized spacial score (nSPS) is 22.3. The van der Waals surface area contributed by atoms with Crippen LogP contribution >= 0.6 is 0 Å². The summed E-state index contributed by atoms with van der Waals surface area (Å²) in [6, 6.07) is 0.0781. The highest BCUT2D eigenvalue weighted by atomic mass is 16.2. The molecule has 1 aliphatic heterocycles. The van der Waals surface area contributed by atoms with Gasteiger partial charge in [-0.2, -0.15) is 0 Å². The molecule has 0 aromatic rings. The minimum absolute atomic E-state index is 0.0319. The maximum absolute atomic E-state index is 11.7. The lowest BCUT2D eigenvalue weighted by Crippen LogP contribution is -2.62. The molecular weight excluding hydrogens is 232 g/mol. The third-order valence-corrected chi connectivity index (χ3v) is 3.04. The third-order valence-electron chi connectivity index (χ3n) is 3.04. The van der Waals surface area contributed by atoms with E-state index in [0.29, 0.717) is 0 Å². The van der Waals surface area contributed by atoms with Crippen molar-refractivity contribution in [2.75, 3.05) is 0 Å². The summed E-state index contributed by atoms with van der Waals surface area (Å²) in [4.78, 5) is 22.7. The predicted molar refractivity (Wildman–Crippen MR) is 69.4 cm³/mol. The van der Waals surface area contributed by atoms with E-state index in [0.717, 1.165) is 12.8 Å². The molecule has 6 heteroatoms. The standard InChI is InChI=1S/C12H24N4O2/c1-11(2)6-8(7-12(3,4)16-11)14-9(17)5-10(18)15-13/h8,16H,5-7,13H2,1-4H3,(H,14,17)(H,15,18). The van der Waals surface area contributed by atoms with Crippen molar-refractivity contribution < 1.29 is 9.59 Å². The van der Waals surface area contributed by atoms with Crippen LogP contribution in [0, 0.1) is 0 Å². The van der Waals surface area contributed by atoms with E-state index in [4.69, 9.17) is 5.84 Å². The summed E-state index contributed by atoms with van der Waals surface area (Å²) in [6.07, 6.45) is 1.46. The van der Waals surface area contributed by atoms with E-state index >= 15 is 0 Å². The second kappa shape index (κ2) is 5.24. The third kappa shape index (κ3) is 4.62. The first kappa shape index (κ1) is 14.9. The van der Waals surface area contributed by atoms with Crippen LogP contribution in [0.1, 0.15) is 47.0 Å². The van der Waals surface area contributed by atoms with E-state index in [1.54, 1.807) is 0 Å². The summed E-state index contributed by atoms with van der Waals surface area (Å²) in [5.41, 5.74) is 1.89. The Labute approximate surface area is 108 Å². The lowest BCUT2D eigenvalue weighted by atomic mass is 9.79. The molecule has 0 aliphatic carbocycles. The highest BCUT2D eigenvalue weighted by molar-refractivity contribution is 5.96. The summed E-state index contributed by atoms with van der Waals surface area (Å²) in [6.45, 7) is 8.44. The van der Waals surface area contributed by atoms with Crippen molar-refractivity contribution >= 4 is 11.8 Å². The Hall–Kier alpha value is -1.14. The Bertz CT molecular complexity index is 323. The van der Waals surface area contributed by atoms with Crippen molar-refractivity contribution in [2.45, 2.75) is 64.1 Å². The molecule has 5 N–H and O–H groups in total. The van der Waals surface area contributed by atoms with Gasteiger partial charge in [-0.05, 0) is 40.5 Å². The fourth-order valence-electron chi connectivity index (χ4n) is 2.90. The Kier molecular flexibility index (Phi) is 4.34. The molecule has 1 saturated heterocycles. The number of nitrogens with one attached hydrogen (secondary N) is 3. The molecule has 1 rings (SSSR count). The van der Waals surface area contributed by atoms with Crippen molar-refractivity contribution in [3.63, 3.8) is 0 Å². The molecule has 18 heavy (non-hydrogen) atoms. The number of rotatable bonds is 3. The van der Waals surface area contributed by atoms with Crippen LogP contribution in [0.25, 0.3) is 0 Å². The Morgan fingerprint density at radius 1 is 1.17 bits per heavy atom. The molecule has 1 heterocycles. The molecule has 0 aromatic heterocycles. The van der Waals surface area contributed by atoms with Gasteiger partial charge in [0.15, 0.2) is 0 Å². The second-order valence-corrected chi connectivity index (χ2v) is 6.31. The zero-order valence-corrected chi connectivity index (χ0v) is 11.6. The molecule has 2 amide bonds. The van der Waals surface area contributed by atoms with E-state index in [1.807, 2.05) is 5.43 Å². The van der Waals surface area contributed by atoms with E-state index in [2.05, 4.69) is 38.3 Å². The molecule has 1 aliphatic rings. The van der Waals surface area contributed by atoms with Crippen molar-refractivity contribution in [3.8, 4) is 0 Å². The average molecular weight is 256 g/mol. The largest absolute Gasteiger partial charge is 0.353 e. The quantitative estimate of drug-likeness (QED) is 0.243. The first-order valence-corrected chi connectivity index (χ1v) is 6.22. The first-order valence-electron chi connectivity index (χ1n) is 6.22. The van der Waals surface area contributed by atoms with E-state index in [-0.39, 0.29) is 29.4 Å². The fourth-order valence-corrected chi connectivity index (χ4v) is 2.90. The summed E-state index contributed by atoms with van der Waals surface area (Å²) >= 11 is 0. The fraction of sp³-hybridized carbons (Fsp3) is 0.833. The van der Waals surface area contributed by atoms with Gasteiger partial charge < -0.3 is 10.6 Å². The summed E-state index contributed by atoms with van der Waals surface area (Å²) in [5, 5.41) is 6.44. The highest BCUT2D eigenvalue weighted by Crippen LogP contribution is 2.28. The SMILES string of the molecule is CC1(C)CC(NC(=O)CC(=O)NN)CC(C)(C)N1. The van der Waals surface area contributed by atoms with Crippen LogP contribution in [0.2, 0.25) is 0 Å². The van der Waals surface area contributed by atoms with Gasteiger partial charge in [-0.15, -0.1) is 0 Å². The van der Waals surface area contributed by atoms with Crippen molar-refractivity contribution in [3.05, 3.63) is 0 Å². The highest BCUT2D eigenvalue weighted by Gasteiger charge is 2.38. The van der Waals surface area contributed by atoms with Gasteiger partial charge in [0.05, 0.1) is 0 Å². The van der Waals surface area contributed by atoms with Gasteiger partial charge in [0.2, 0.25) is 11.8 Å². The van der Waals surface area contributed by atoms with Gasteiger partial charge in [0, 0.05) is 17.1 Å². The van der Waals surface area contributed by atoms with Gasteiger partial charge in [-0.3, -0.25) is 15.0 Å². The van der Waals surface area contributed by atoms with E-state index in [9.17, 15) is 9.59 Å².